The first-order valence-electron chi connectivity index (χ1n) is 7.98. The predicted octanol–water partition coefficient (Wildman–Crippen LogP) is 3.38. The molecule has 1 heterocycles. The molecule has 1 aromatic heterocycles. The molecular formula is C18H20Cl2N4O2. The summed E-state index contributed by atoms with van der Waals surface area (Å²) in [5, 5.41) is 7.44. The van der Waals surface area contributed by atoms with Gasteiger partial charge in [0.2, 0.25) is 0 Å². The summed E-state index contributed by atoms with van der Waals surface area (Å²) in [7, 11) is 0. The highest BCUT2D eigenvalue weighted by molar-refractivity contribution is 6.35. The Morgan fingerprint density at radius 3 is 2.27 bits per heavy atom. The zero-order valence-electron chi connectivity index (χ0n) is 14.9. The SMILES string of the molecule is Cc1cc(/C=N/NC(=O)C(=O)NC(C)C)c(C)n1-c1cc(Cl)cc(Cl)c1. The van der Waals surface area contributed by atoms with Gasteiger partial charge in [-0.15, -0.1) is 0 Å². The van der Waals surface area contributed by atoms with E-state index in [1.54, 1.807) is 19.9 Å². The maximum absolute atomic E-state index is 11.7. The molecule has 1 aromatic carbocycles. The number of rotatable bonds is 4. The topological polar surface area (TPSA) is 75.5 Å². The van der Waals surface area contributed by atoms with Crippen LogP contribution in [0.3, 0.4) is 0 Å². The maximum atomic E-state index is 11.7. The van der Waals surface area contributed by atoms with E-state index in [1.807, 2.05) is 36.6 Å². The number of aryl methyl sites for hydroxylation is 1. The van der Waals surface area contributed by atoms with E-state index in [2.05, 4.69) is 15.8 Å². The molecule has 6 nitrogen and oxygen atoms in total. The lowest BCUT2D eigenvalue weighted by molar-refractivity contribution is -0.139. The van der Waals surface area contributed by atoms with Crippen molar-refractivity contribution in [2.75, 3.05) is 0 Å². The number of aromatic nitrogens is 1. The van der Waals surface area contributed by atoms with Crippen molar-refractivity contribution in [3.63, 3.8) is 0 Å². The van der Waals surface area contributed by atoms with Crippen LogP contribution in [-0.2, 0) is 9.59 Å². The standard InChI is InChI=1S/C18H20Cl2N4O2/c1-10(2)22-17(25)18(26)23-21-9-13-5-11(3)24(12(13)4)16-7-14(19)6-15(20)8-16/h5-10H,1-4H3,(H,22,25)(H,23,26)/b21-9+. The minimum absolute atomic E-state index is 0.124. The van der Waals surface area contributed by atoms with Gasteiger partial charge in [-0.05, 0) is 52.0 Å². The van der Waals surface area contributed by atoms with Crippen molar-refractivity contribution in [2.24, 2.45) is 5.10 Å². The molecule has 0 saturated heterocycles. The highest BCUT2D eigenvalue weighted by atomic mass is 35.5. The highest BCUT2D eigenvalue weighted by Crippen LogP contribution is 2.25. The van der Waals surface area contributed by atoms with Crippen molar-refractivity contribution in [3.05, 3.63) is 51.3 Å². The minimum atomic E-state index is -0.814. The molecule has 0 atom stereocenters. The first-order chi connectivity index (χ1) is 12.2. The third kappa shape index (κ3) is 4.86. The van der Waals surface area contributed by atoms with Crippen LogP contribution in [0.2, 0.25) is 10.0 Å². The van der Waals surface area contributed by atoms with E-state index in [-0.39, 0.29) is 6.04 Å². The lowest BCUT2D eigenvalue weighted by Crippen LogP contribution is -2.41. The summed E-state index contributed by atoms with van der Waals surface area (Å²) in [5.74, 6) is -1.54. The van der Waals surface area contributed by atoms with Gasteiger partial charge in [-0.2, -0.15) is 5.10 Å². The van der Waals surface area contributed by atoms with Gasteiger partial charge in [0.15, 0.2) is 0 Å². The van der Waals surface area contributed by atoms with E-state index in [0.717, 1.165) is 22.6 Å². The van der Waals surface area contributed by atoms with Gasteiger partial charge >= 0.3 is 11.8 Å². The Labute approximate surface area is 162 Å². The van der Waals surface area contributed by atoms with Crippen LogP contribution in [-0.4, -0.2) is 28.6 Å². The zero-order chi connectivity index (χ0) is 19.4. The number of nitrogens with one attached hydrogen (secondary N) is 2. The average molecular weight is 395 g/mol. The van der Waals surface area contributed by atoms with Gasteiger partial charge in [-0.25, -0.2) is 5.43 Å². The number of hydrogen-bond donors (Lipinski definition) is 2. The Morgan fingerprint density at radius 1 is 1.08 bits per heavy atom. The van der Waals surface area contributed by atoms with Gasteiger partial charge in [0.05, 0.1) is 6.21 Å². The van der Waals surface area contributed by atoms with E-state index in [0.29, 0.717) is 10.0 Å². The van der Waals surface area contributed by atoms with Crippen molar-refractivity contribution in [2.45, 2.75) is 33.7 Å². The van der Waals surface area contributed by atoms with Crippen LogP contribution < -0.4 is 10.7 Å². The van der Waals surface area contributed by atoms with Crippen LogP contribution in [0, 0.1) is 13.8 Å². The minimum Gasteiger partial charge on any atom is -0.346 e. The molecule has 2 rings (SSSR count). The number of benzene rings is 1. The van der Waals surface area contributed by atoms with E-state index in [9.17, 15) is 9.59 Å². The molecule has 138 valence electrons. The molecule has 2 amide bonds. The Kier molecular flexibility index (Phi) is 6.45. The second-order valence-electron chi connectivity index (χ2n) is 6.12. The molecule has 0 saturated carbocycles. The molecular weight excluding hydrogens is 375 g/mol. The lowest BCUT2D eigenvalue weighted by Gasteiger charge is -2.10. The highest BCUT2D eigenvalue weighted by Gasteiger charge is 2.14. The fourth-order valence-electron chi connectivity index (χ4n) is 2.52. The van der Waals surface area contributed by atoms with Gasteiger partial charge in [0.25, 0.3) is 0 Å². The molecule has 2 aromatic rings. The maximum Gasteiger partial charge on any atom is 0.329 e. The largest absolute Gasteiger partial charge is 0.346 e. The molecule has 0 spiro atoms. The van der Waals surface area contributed by atoms with Crippen molar-refractivity contribution < 1.29 is 9.59 Å². The second-order valence-corrected chi connectivity index (χ2v) is 6.99. The fraction of sp³-hybridized carbons (Fsp3) is 0.278. The summed E-state index contributed by atoms with van der Waals surface area (Å²) in [4.78, 5) is 23.2. The number of hydrogen-bond acceptors (Lipinski definition) is 3. The summed E-state index contributed by atoms with van der Waals surface area (Å²) < 4.78 is 1.98. The van der Waals surface area contributed by atoms with E-state index >= 15 is 0 Å². The van der Waals surface area contributed by atoms with Crippen molar-refractivity contribution in [1.29, 1.82) is 0 Å². The quantitative estimate of drug-likeness (QED) is 0.473. The molecule has 0 fully saturated rings. The third-order valence-corrected chi connectivity index (χ3v) is 4.01. The smallest absolute Gasteiger partial charge is 0.329 e. The Morgan fingerprint density at radius 2 is 1.69 bits per heavy atom. The number of halogens is 2. The van der Waals surface area contributed by atoms with Crippen LogP contribution in [0.25, 0.3) is 5.69 Å². The Balaban J connectivity index is 2.20. The summed E-state index contributed by atoms with van der Waals surface area (Å²) >= 11 is 12.2. The van der Waals surface area contributed by atoms with Crippen molar-refractivity contribution in [1.82, 2.24) is 15.3 Å². The van der Waals surface area contributed by atoms with E-state index in [1.165, 1.54) is 6.21 Å². The normalized spacial score (nSPS) is 11.2. The number of nitrogens with zero attached hydrogens (tertiary/aromatic N) is 2. The number of hydrazone groups is 1. The van der Waals surface area contributed by atoms with Crippen LogP contribution in [0.5, 0.6) is 0 Å². The van der Waals surface area contributed by atoms with Crippen molar-refractivity contribution >= 4 is 41.2 Å². The van der Waals surface area contributed by atoms with Crippen LogP contribution >= 0.6 is 23.2 Å². The fourth-order valence-corrected chi connectivity index (χ4v) is 3.04. The molecule has 26 heavy (non-hydrogen) atoms. The Bertz CT molecular complexity index is 852. The molecule has 8 heteroatoms. The van der Waals surface area contributed by atoms with Gasteiger partial charge in [-0.1, -0.05) is 23.2 Å². The second kappa shape index (κ2) is 8.38. The average Bonchev–Trinajstić information content (AvgIpc) is 2.79. The van der Waals surface area contributed by atoms with Crippen LogP contribution in [0.4, 0.5) is 0 Å². The molecule has 0 aliphatic rings. The zero-order valence-corrected chi connectivity index (χ0v) is 16.4. The number of amides is 2. The van der Waals surface area contributed by atoms with Gasteiger partial charge in [0, 0.05) is 38.7 Å². The third-order valence-electron chi connectivity index (χ3n) is 3.57. The first kappa shape index (κ1) is 20.0. The van der Waals surface area contributed by atoms with Gasteiger partial charge < -0.3 is 9.88 Å². The van der Waals surface area contributed by atoms with Gasteiger partial charge in [0.1, 0.15) is 0 Å². The molecule has 0 aliphatic heterocycles. The molecule has 0 unspecified atom stereocenters. The van der Waals surface area contributed by atoms with Crippen LogP contribution in [0.15, 0.2) is 29.4 Å². The summed E-state index contributed by atoms with van der Waals surface area (Å²) in [5.41, 5.74) is 5.69. The molecule has 2 N–H and O–H groups in total. The lowest BCUT2D eigenvalue weighted by atomic mass is 10.2. The monoisotopic (exact) mass is 394 g/mol. The summed E-state index contributed by atoms with van der Waals surface area (Å²) in [6.07, 6.45) is 1.49. The van der Waals surface area contributed by atoms with Crippen molar-refractivity contribution in [3.8, 4) is 5.69 Å². The van der Waals surface area contributed by atoms with E-state index in [4.69, 9.17) is 23.2 Å². The predicted molar refractivity (Wildman–Crippen MR) is 104 cm³/mol. The Hall–Kier alpha value is -2.31. The van der Waals surface area contributed by atoms with Gasteiger partial charge in [-0.3, -0.25) is 9.59 Å². The van der Waals surface area contributed by atoms with Crippen LogP contribution in [0.1, 0.15) is 30.8 Å². The molecule has 0 aliphatic carbocycles. The van der Waals surface area contributed by atoms with E-state index < -0.39 is 11.8 Å². The number of carbonyl (C=O) groups excluding carboxylic acids is 2. The molecule has 0 bridgehead atoms. The first-order valence-corrected chi connectivity index (χ1v) is 8.74. The summed E-state index contributed by atoms with van der Waals surface area (Å²) in [6.45, 7) is 7.39. The number of carbonyl (C=O) groups is 2. The summed E-state index contributed by atoms with van der Waals surface area (Å²) in [6, 6.07) is 7.08. The molecule has 0 radical (unpaired) electrons.